The van der Waals surface area contributed by atoms with Crippen LogP contribution in [0.4, 0.5) is 0 Å². The molecule has 0 aliphatic heterocycles. The first kappa shape index (κ1) is 11.9. The maximum absolute atomic E-state index is 3.64. The minimum absolute atomic E-state index is 0. The Hall–Kier alpha value is -0.530. The average molecular weight is 238 g/mol. The number of nitrogens with one attached hydrogen (secondary N) is 1. The largest absolute Gasteiger partial charge is 0.310 e. The third-order valence-electron chi connectivity index (χ3n) is 4.48. The zero-order chi connectivity index (χ0) is 10.3. The van der Waals surface area contributed by atoms with Crippen LogP contribution in [0, 0.1) is 5.92 Å². The van der Waals surface area contributed by atoms with Gasteiger partial charge in [-0.25, -0.2) is 0 Å². The van der Waals surface area contributed by atoms with Crippen molar-refractivity contribution in [2.24, 2.45) is 5.92 Å². The van der Waals surface area contributed by atoms with E-state index in [9.17, 15) is 0 Å². The summed E-state index contributed by atoms with van der Waals surface area (Å²) in [5.41, 5.74) is 3.48. The molecule has 2 unspecified atom stereocenters. The van der Waals surface area contributed by atoms with Crippen molar-refractivity contribution in [1.82, 2.24) is 5.32 Å². The quantitative estimate of drug-likeness (QED) is 0.791. The highest BCUT2D eigenvalue weighted by molar-refractivity contribution is 5.85. The first-order valence-electron chi connectivity index (χ1n) is 6.14. The van der Waals surface area contributed by atoms with Crippen LogP contribution in [0.15, 0.2) is 24.3 Å². The Morgan fingerprint density at radius 3 is 2.88 bits per heavy atom. The van der Waals surface area contributed by atoms with Crippen LogP contribution in [0.5, 0.6) is 0 Å². The molecule has 88 valence electrons. The van der Waals surface area contributed by atoms with Crippen molar-refractivity contribution < 1.29 is 0 Å². The summed E-state index contributed by atoms with van der Waals surface area (Å²) in [6.45, 7) is 0. The van der Waals surface area contributed by atoms with E-state index in [4.69, 9.17) is 0 Å². The molecule has 0 heterocycles. The Kier molecular flexibility index (Phi) is 3.27. The van der Waals surface area contributed by atoms with Crippen molar-refractivity contribution in [3.63, 3.8) is 0 Å². The summed E-state index contributed by atoms with van der Waals surface area (Å²) in [6.07, 6.45) is 6.81. The molecule has 0 spiro atoms. The smallest absolute Gasteiger partial charge is 0.0466 e. The van der Waals surface area contributed by atoms with Crippen LogP contribution in [-0.4, -0.2) is 7.05 Å². The SMILES string of the molecule is CNC12CCCCC1Cc1ccccc12.Cl. The molecule has 3 rings (SSSR count). The van der Waals surface area contributed by atoms with Gasteiger partial charge in [-0.05, 0) is 43.4 Å². The maximum atomic E-state index is 3.64. The third-order valence-corrected chi connectivity index (χ3v) is 4.48. The lowest BCUT2D eigenvalue weighted by molar-refractivity contribution is 0.171. The standard InChI is InChI=1S/C14H19N.ClH/c1-15-14-9-5-4-7-12(14)10-11-6-2-3-8-13(11)14;/h2-3,6,8,12,15H,4-5,7,9-10H2,1H3;1H. The van der Waals surface area contributed by atoms with Crippen molar-refractivity contribution in [3.8, 4) is 0 Å². The molecule has 2 aliphatic carbocycles. The summed E-state index contributed by atoms with van der Waals surface area (Å²) >= 11 is 0. The zero-order valence-electron chi connectivity index (χ0n) is 9.83. The molecular weight excluding hydrogens is 218 g/mol. The Bertz CT molecular complexity index is 377. The van der Waals surface area contributed by atoms with E-state index in [0.717, 1.165) is 5.92 Å². The molecule has 0 aromatic heterocycles. The monoisotopic (exact) mass is 237 g/mol. The number of hydrogen-bond donors (Lipinski definition) is 1. The van der Waals surface area contributed by atoms with Crippen LogP contribution in [0.1, 0.15) is 36.8 Å². The van der Waals surface area contributed by atoms with Crippen LogP contribution < -0.4 is 5.32 Å². The Labute approximate surface area is 104 Å². The summed E-state index contributed by atoms with van der Waals surface area (Å²) in [5, 5.41) is 3.64. The second kappa shape index (κ2) is 4.38. The fourth-order valence-electron chi connectivity index (χ4n) is 3.74. The normalized spacial score (nSPS) is 31.4. The molecule has 0 bridgehead atoms. The fourth-order valence-corrected chi connectivity index (χ4v) is 3.74. The zero-order valence-corrected chi connectivity index (χ0v) is 10.6. The van der Waals surface area contributed by atoms with Crippen LogP contribution in [-0.2, 0) is 12.0 Å². The van der Waals surface area contributed by atoms with Gasteiger partial charge in [0.25, 0.3) is 0 Å². The molecule has 1 aromatic rings. The van der Waals surface area contributed by atoms with E-state index in [0.29, 0.717) is 5.54 Å². The second-order valence-electron chi connectivity index (χ2n) is 5.03. The van der Waals surface area contributed by atoms with E-state index < -0.39 is 0 Å². The number of benzene rings is 1. The summed E-state index contributed by atoms with van der Waals surface area (Å²) in [7, 11) is 2.14. The first-order chi connectivity index (χ1) is 7.37. The van der Waals surface area contributed by atoms with Gasteiger partial charge in [0.15, 0.2) is 0 Å². The summed E-state index contributed by atoms with van der Waals surface area (Å²) < 4.78 is 0. The lowest BCUT2D eigenvalue weighted by atomic mass is 9.73. The number of fused-ring (bicyclic) bond motifs is 3. The molecule has 0 radical (unpaired) electrons. The van der Waals surface area contributed by atoms with E-state index in [-0.39, 0.29) is 12.4 Å². The predicted molar refractivity (Wildman–Crippen MR) is 70.1 cm³/mol. The summed E-state index contributed by atoms with van der Waals surface area (Å²) in [4.78, 5) is 0. The number of halogens is 1. The third kappa shape index (κ3) is 1.49. The van der Waals surface area contributed by atoms with Gasteiger partial charge >= 0.3 is 0 Å². The minimum atomic E-state index is 0. The molecule has 1 nitrogen and oxygen atoms in total. The molecule has 0 saturated heterocycles. The first-order valence-corrected chi connectivity index (χ1v) is 6.14. The van der Waals surface area contributed by atoms with Gasteiger partial charge in [-0.2, -0.15) is 0 Å². The van der Waals surface area contributed by atoms with Crippen LogP contribution in [0.2, 0.25) is 0 Å². The van der Waals surface area contributed by atoms with Gasteiger partial charge in [-0.15, -0.1) is 12.4 Å². The second-order valence-corrected chi connectivity index (χ2v) is 5.03. The molecule has 1 N–H and O–H groups in total. The molecule has 1 aromatic carbocycles. The van der Waals surface area contributed by atoms with E-state index >= 15 is 0 Å². The number of rotatable bonds is 1. The van der Waals surface area contributed by atoms with Gasteiger partial charge < -0.3 is 5.32 Å². The minimum Gasteiger partial charge on any atom is -0.310 e. The van der Waals surface area contributed by atoms with Crippen molar-refractivity contribution in [2.75, 3.05) is 7.05 Å². The topological polar surface area (TPSA) is 12.0 Å². The highest BCUT2D eigenvalue weighted by Crippen LogP contribution is 2.49. The van der Waals surface area contributed by atoms with E-state index in [1.54, 1.807) is 11.1 Å². The van der Waals surface area contributed by atoms with Crippen LogP contribution >= 0.6 is 12.4 Å². The predicted octanol–water partition coefficient (Wildman–Crippen LogP) is 3.27. The highest BCUT2D eigenvalue weighted by atomic mass is 35.5. The highest BCUT2D eigenvalue weighted by Gasteiger charge is 2.46. The molecule has 2 atom stereocenters. The van der Waals surface area contributed by atoms with E-state index in [2.05, 4.69) is 36.6 Å². The Morgan fingerprint density at radius 2 is 2.06 bits per heavy atom. The van der Waals surface area contributed by atoms with Crippen molar-refractivity contribution in [2.45, 2.75) is 37.6 Å². The lowest BCUT2D eigenvalue weighted by Gasteiger charge is -2.40. The van der Waals surface area contributed by atoms with Crippen molar-refractivity contribution in [3.05, 3.63) is 35.4 Å². The molecule has 2 aliphatic rings. The van der Waals surface area contributed by atoms with Gasteiger partial charge in [-0.1, -0.05) is 37.1 Å². The van der Waals surface area contributed by atoms with E-state index in [1.165, 1.54) is 32.1 Å². The van der Waals surface area contributed by atoms with Gasteiger partial charge in [0, 0.05) is 5.54 Å². The maximum Gasteiger partial charge on any atom is 0.0466 e. The van der Waals surface area contributed by atoms with Crippen LogP contribution in [0.25, 0.3) is 0 Å². The summed E-state index contributed by atoms with van der Waals surface area (Å²) in [6, 6.07) is 9.01. The molecule has 16 heavy (non-hydrogen) atoms. The fraction of sp³-hybridized carbons (Fsp3) is 0.571. The molecular formula is C14H20ClN. The molecule has 2 heteroatoms. The van der Waals surface area contributed by atoms with E-state index in [1.807, 2.05) is 0 Å². The number of hydrogen-bond acceptors (Lipinski definition) is 1. The average Bonchev–Trinajstić information content (AvgIpc) is 2.64. The summed E-state index contributed by atoms with van der Waals surface area (Å²) in [5.74, 6) is 0.841. The van der Waals surface area contributed by atoms with Crippen molar-refractivity contribution in [1.29, 1.82) is 0 Å². The van der Waals surface area contributed by atoms with Gasteiger partial charge in [0.05, 0.1) is 0 Å². The van der Waals surface area contributed by atoms with Gasteiger partial charge in [0.2, 0.25) is 0 Å². The Balaban J connectivity index is 0.000000963. The molecule has 1 saturated carbocycles. The molecule has 0 amide bonds. The van der Waals surface area contributed by atoms with Crippen LogP contribution in [0.3, 0.4) is 0 Å². The van der Waals surface area contributed by atoms with Gasteiger partial charge in [0.1, 0.15) is 0 Å². The van der Waals surface area contributed by atoms with Crippen molar-refractivity contribution >= 4 is 12.4 Å². The Morgan fingerprint density at radius 1 is 1.25 bits per heavy atom. The van der Waals surface area contributed by atoms with Gasteiger partial charge in [-0.3, -0.25) is 0 Å². The lowest BCUT2D eigenvalue weighted by Crippen LogP contribution is -2.45. The molecule has 1 fully saturated rings.